The molecule has 0 saturated heterocycles. The molecule has 27 heavy (non-hydrogen) atoms. The van der Waals surface area contributed by atoms with E-state index in [1.54, 1.807) is 24.3 Å². The monoisotopic (exact) mass is 383 g/mol. The number of anilines is 1. The van der Waals surface area contributed by atoms with Crippen LogP contribution in [0.15, 0.2) is 54.6 Å². The van der Waals surface area contributed by atoms with E-state index in [1.807, 2.05) is 30.3 Å². The van der Waals surface area contributed by atoms with E-state index >= 15 is 0 Å². The molecule has 0 unspecified atom stereocenters. The van der Waals surface area contributed by atoms with Gasteiger partial charge in [-0.05, 0) is 54.9 Å². The molecule has 5 nitrogen and oxygen atoms in total. The van der Waals surface area contributed by atoms with Gasteiger partial charge >= 0.3 is 0 Å². The summed E-state index contributed by atoms with van der Waals surface area (Å²) in [6, 6.07) is 16.8. The van der Waals surface area contributed by atoms with E-state index in [9.17, 15) is 9.59 Å². The summed E-state index contributed by atoms with van der Waals surface area (Å²) < 4.78 is 0. The average Bonchev–Trinajstić information content (AvgIpc) is 2.68. The molecule has 0 heterocycles. The SMILES string of the molecule is CCCCNC(=O)c1ccc(NC(=S)NC(=O)CCc2ccccc2)cc1. The van der Waals surface area contributed by atoms with Crippen LogP contribution >= 0.6 is 12.2 Å². The van der Waals surface area contributed by atoms with Crippen LogP contribution in [0.5, 0.6) is 0 Å². The van der Waals surface area contributed by atoms with Crippen LogP contribution in [0.3, 0.4) is 0 Å². The smallest absolute Gasteiger partial charge is 0.251 e. The molecular formula is C21H25N3O2S. The largest absolute Gasteiger partial charge is 0.352 e. The zero-order valence-electron chi connectivity index (χ0n) is 15.5. The van der Waals surface area contributed by atoms with Gasteiger partial charge < -0.3 is 16.0 Å². The van der Waals surface area contributed by atoms with Gasteiger partial charge in [0.2, 0.25) is 5.91 Å². The van der Waals surface area contributed by atoms with Crippen LogP contribution in [-0.4, -0.2) is 23.5 Å². The zero-order valence-corrected chi connectivity index (χ0v) is 16.3. The lowest BCUT2D eigenvalue weighted by molar-refractivity contribution is -0.119. The Bertz CT molecular complexity index is 761. The van der Waals surface area contributed by atoms with Gasteiger partial charge in [-0.25, -0.2) is 0 Å². The van der Waals surface area contributed by atoms with Crippen molar-refractivity contribution in [1.29, 1.82) is 0 Å². The minimum absolute atomic E-state index is 0.0909. The molecule has 0 aromatic heterocycles. The Morgan fingerprint density at radius 2 is 1.70 bits per heavy atom. The molecule has 0 aliphatic rings. The van der Waals surface area contributed by atoms with Gasteiger partial charge in [-0.3, -0.25) is 9.59 Å². The van der Waals surface area contributed by atoms with Gasteiger partial charge in [-0.2, -0.15) is 0 Å². The fourth-order valence-electron chi connectivity index (χ4n) is 2.44. The third kappa shape index (κ3) is 7.58. The number of carbonyl (C=O) groups is 2. The Balaban J connectivity index is 1.76. The molecule has 2 aromatic carbocycles. The number of benzene rings is 2. The van der Waals surface area contributed by atoms with Gasteiger partial charge in [-0.15, -0.1) is 0 Å². The van der Waals surface area contributed by atoms with Crippen molar-refractivity contribution in [2.75, 3.05) is 11.9 Å². The molecule has 142 valence electrons. The third-order valence-electron chi connectivity index (χ3n) is 3.96. The number of aryl methyl sites for hydroxylation is 1. The zero-order chi connectivity index (χ0) is 19.5. The Hall–Kier alpha value is -2.73. The summed E-state index contributed by atoms with van der Waals surface area (Å²) in [5.74, 6) is -0.227. The van der Waals surface area contributed by atoms with E-state index in [1.165, 1.54) is 0 Å². The van der Waals surface area contributed by atoms with Gasteiger partial charge in [0, 0.05) is 24.2 Å². The molecule has 0 bridgehead atoms. The molecule has 0 aliphatic carbocycles. The number of hydrogen-bond acceptors (Lipinski definition) is 3. The van der Waals surface area contributed by atoms with Crippen LogP contribution in [0.4, 0.5) is 5.69 Å². The molecule has 6 heteroatoms. The number of carbonyl (C=O) groups excluding carboxylic acids is 2. The lowest BCUT2D eigenvalue weighted by Crippen LogP contribution is -2.34. The first-order chi connectivity index (χ1) is 13.1. The predicted molar refractivity (Wildman–Crippen MR) is 113 cm³/mol. The second-order valence-electron chi connectivity index (χ2n) is 6.17. The van der Waals surface area contributed by atoms with Crippen molar-refractivity contribution in [3.05, 3.63) is 65.7 Å². The van der Waals surface area contributed by atoms with E-state index in [-0.39, 0.29) is 16.9 Å². The molecule has 0 fully saturated rings. The van der Waals surface area contributed by atoms with Gasteiger partial charge in [0.05, 0.1) is 0 Å². The summed E-state index contributed by atoms with van der Waals surface area (Å²) in [6.07, 6.45) is 3.03. The molecular weight excluding hydrogens is 358 g/mol. The molecule has 0 spiro atoms. The van der Waals surface area contributed by atoms with Crippen LogP contribution in [-0.2, 0) is 11.2 Å². The highest BCUT2D eigenvalue weighted by Gasteiger charge is 2.07. The van der Waals surface area contributed by atoms with Crippen molar-refractivity contribution in [3.63, 3.8) is 0 Å². The molecule has 0 atom stereocenters. The first kappa shape index (κ1) is 20.6. The summed E-state index contributed by atoms with van der Waals surface area (Å²) >= 11 is 5.18. The van der Waals surface area contributed by atoms with Gasteiger partial charge in [0.15, 0.2) is 5.11 Å². The minimum atomic E-state index is -0.136. The number of unbranched alkanes of at least 4 members (excludes halogenated alkanes) is 1. The van der Waals surface area contributed by atoms with Crippen molar-refractivity contribution in [2.24, 2.45) is 0 Å². The van der Waals surface area contributed by atoms with Crippen LogP contribution in [0, 0.1) is 0 Å². The van der Waals surface area contributed by atoms with E-state index in [2.05, 4.69) is 22.9 Å². The Labute approximate surface area is 165 Å². The molecule has 0 radical (unpaired) electrons. The molecule has 2 aromatic rings. The summed E-state index contributed by atoms with van der Waals surface area (Å²) in [5, 5.41) is 8.75. The number of hydrogen-bond donors (Lipinski definition) is 3. The number of amides is 2. The van der Waals surface area contributed by atoms with E-state index in [0.29, 0.717) is 30.6 Å². The maximum Gasteiger partial charge on any atom is 0.251 e. The maximum atomic E-state index is 12.0. The molecule has 2 rings (SSSR count). The first-order valence-electron chi connectivity index (χ1n) is 9.11. The lowest BCUT2D eigenvalue weighted by Gasteiger charge is -2.10. The highest BCUT2D eigenvalue weighted by molar-refractivity contribution is 7.80. The van der Waals surface area contributed by atoms with Crippen LogP contribution in [0.25, 0.3) is 0 Å². The van der Waals surface area contributed by atoms with E-state index < -0.39 is 0 Å². The number of nitrogens with one attached hydrogen (secondary N) is 3. The summed E-state index contributed by atoms with van der Waals surface area (Å²) in [5.41, 5.74) is 2.42. The first-order valence-corrected chi connectivity index (χ1v) is 9.52. The van der Waals surface area contributed by atoms with Crippen LogP contribution in [0.2, 0.25) is 0 Å². The highest BCUT2D eigenvalue weighted by atomic mass is 32.1. The Morgan fingerprint density at radius 1 is 1.00 bits per heavy atom. The number of rotatable bonds is 8. The van der Waals surface area contributed by atoms with Crippen molar-refractivity contribution >= 4 is 34.8 Å². The van der Waals surface area contributed by atoms with Crippen LogP contribution < -0.4 is 16.0 Å². The summed E-state index contributed by atoms with van der Waals surface area (Å²) in [4.78, 5) is 24.0. The quantitative estimate of drug-likeness (QED) is 0.481. The fraction of sp³-hybridized carbons (Fsp3) is 0.286. The standard InChI is InChI=1S/C21H25N3O2S/c1-2-3-15-22-20(26)17-10-12-18(13-11-17)23-21(27)24-19(25)14-9-16-7-5-4-6-8-16/h4-8,10-13H,2-3,9,14-15H2,1H3,(H,22,26)(H2,23,24,25,27). The van der Waals surface area contributed by atoms with Crippen molar-refractivity contribution in [2.45, 2.75) is 32.6 Å². The minimum Gasteiger partial charge on any atom is -0.352 e. The highest BCUT2D eigenvalue weighted by Crippen LogP contribution is 2.10. The van der Waals surface area contributed by atoms with E-state index in [0.717, 1.165) is 18.4 Å². The van der Waals surface area contributed by atoms with Crippen molar-refractivity contribution in [1.82, 2.24) is 10.6 Å². The second kappa shape index (κ2) is 11.1. The topological polar surface area (TPSA) is 70.2 Å². The van der Waals surface area contributed by atoms with Gasteiger partial charge in [0.1, 0.15) is 0 Å². The van der Waals surface area contributed by atoms with Crippen molar-refractivity contribution in [3.8, 4) is 0 Å². The second-order valence-corrected chi connectivity index (χ2v) is 6.58. The predicted octanol–water partition coefficient (Wildman–Crippen LogP) is 3.66. The molecule has 3 N–H and O–H groups in total. The molecule has 2 amide bonds. The third-order valence-corrected chi connectivity index (χ3v) is 4.16. The lowest BCUT2D eigenvalue weighted by atomic mass is 10.1. The average molecular weight is 384 g/mol. The Kier molecular flexibility index (Phi) is 8.45. The molecule has 0 saturated carbocycles. The van der Waals surface area contributed by atoms with Crippen LogP contribution in [0.1, 0.15) is 42.1 Å². The normalized spacial score (nSPS) is 10.1. The molecule has 0 aliphatic heterocycles. The van der Waals surface area contributed by atoms with Gasteiger partial charge in [0.25, 0.3) is 5.91 Å². The van der Waals surface area contributed by atoms with Gasteiger partial charge in [-0.1, -0.05) is 43.7 Å². The van der Waals surface area contributed by atoms with Crippen molar-refractivity contribution < 1.29 is 9.59 Å². The Morgan fingerprint density at radius 3 is 2.37 bits per heavy atom. The fourth-order valence-corrected chi connectivity index (χ4v) is 2.67. The van der Waals surface area contributed by atoms with E-state index in [4.69, 9.17) is 12.2 Å². The summed E-state index contributed by atoms with van der Waals surface area (Å²) in [6.45, 7) is 2.75. The number of thiocarbonyl (C=S) groups is 1. The summed E-state index contributed by atoms with van der Waals surface area (Å²) in [7, 11) is 0. The maximum absolute atomic E-state index is 12.0.